The van der Waals surface area contributed by atoms with Gasteiger partial charge in [-0.25, -0.2) is 8.42 Å². The molecule has 1 aliphatic carbocycles. The van der Waals surface area contributed by atoms with Crippen LogP contribution in [0, 0.1) is 5.92 Å². The quantitative estimate of drug-likeness (QED) is 0.839. The molecular formula is C17H25NO2S. The van der Waals surface area contributed by atoms with Crippen LogP contribution in [0.3, 0.4) is 0 Å². The molecule has 3 rings (SSSR count). The third kappa shape index (κ3) is 2.88. The number of nitrogens with zero attached hydrogens (tertiary/aromatic N) is 1. The summed E-state index contributed by atoms with van der Waals surface area (Å²) < 4.78 is 22.7. The van der Waals surface area contributed by atoms with Gasteiger partial charge in [-0.3, -0.25) is 4.90 Å². The normalized spacial score (nSPS) is 29.7. The zero-order valence-corrected chi connectivity index (χ0v) is 13.6. The predicted octanol–water partition coefficient (Wildman–Crippen LogP) is 2.82. The molecule has 3 nitrogen and oxygen atoms in total. The molecule has 1 heterocycles. The standard InChI is InChI=1S/C17H25NO2S/c1-21(19,20)13-7-12-18-14-16-10-5-6-11-17(16,18)15-8-3-2-4-9-15/h2-4,8-9,16H,5-7,10-14H2,1H3/t16-,17-/m1/s1. The zero-order chi connectivity index (χ0) is 14.9. The molecule has 0 amide bonds. The maximum absolute atomic E-state index is 11.3. The number of sulfone groups is 1. The minimum absolute atomic E-state index is 0.191. The predicted molar refractivity (Wildman–Crippen MR) is 86.0 cm³/mol. The highest BCUT2D eigenvalue weighted by molar-refractivity contribution is 7.90. The van der Waals surface area contributed by atoms with Crippen molar-refractivity contribution in [2.45, 2.75) is 37.6 Å². The Balaban J connectivity index is 1.76. The molecule has 0 bridgehead atoms. The van der Waals surface area contributed by atoms with Crippen molar-refractivity contribution >= 4 is 9.84 Å². The number of hydrogen-bond donors (Lipinski definition) is 0. The molecule has 0 aromatic heterocycles. The third-order valence-corrected chi connectivity index (χ3v) is 6.29. The minimum atomic E-state index is -2.84. The second-order valence-corrected chi connectivity index (χ2v) is 8.92. The topological polar surface area (TPSA) is 37.4 Å². The average molecular weight is 307 g/mol. The van der Waals surface area contributed by atoms with Gasteiger partial charge in [-0.2, -0.15) is 0 Å². The van der Waals surface area contributed by atoms with Crippen LogP contribution in [0.5, 0.6) is 0 Å². The van der Waals surface area contributed by atoms with Gasteiger partial charge >= 0.3 is 0 Å². The highest BCUT2D eigenvalue weighted by atomic mass is 32.2. The van der Waals surface area contributed by atoms with E-state index in [1.165, 1.54) is 37.5 Å². The van der Waals surface area contributed by atoms with E-state index in [9.17, 15) is 8.42 Å². The van der Waals surface area contributed by atoms with Crippen LogP contribution in [0.1, 0.15) is 37.7 Å². The lowest BCUT2D eigenvalue weighted by molar-refractivity contribution is -0.114. The molecule has 1 aromatic carbocycles. The van der Waals surface area contributed by atoms with Gasteiger partial charge in [0.2, 0.25) is 0 Å². The molecule has 1 saturated heterocycles. The van der Waals surface area contributed by atoms with E-state index in [1.807, 2.05) is 0 Å². The first kappa shape index (κ1) is 15.0. The maximum atomic E-state index is 11.3. The fraction of sp³-hybridized carbons (Fsp3) is 0.647. The fourth-order valence-corrected chi connectivity index (χ4v) is 4.95. The molecule has 0 spiro atoms. The van der Waals surface area contributed by atoms with Gasteiger partial charge < -0.3 is 0 Å². The molecule has 1 aliphatic heterocycles. The van der Waals surface area contributed by atoms with Crippen molar-refractivity contribution in [2.24, 2.45) is 5.92 Å². The van der Waals surface area contributed by atoms with Crippen LogP contribution in [0.4, 0.5) is 0 Å². The van der Waals surface area contributed by atoms with Gasteiger partial charge in [0, 0.05) is 19.3 Å². The Labute approximate surface area is 128 Å². The molecule has 2 fully saturated rings. The van der Waals surface area contributed by atoms with Gasteiger partial charge in [-0.05, 0) is 30.7 Å². The molecule has 0 N–H and O–H groups in total. The Bertz CT molecular complexity index is 584. The second-order valence-electron chi connectivity index (χ2n) is 6.66. The van der Waals surface area contributed by atoms with Crippen LogP contribution in [0.25, 0.3) is 0 Å². The van der Waals surface area contributed by atoms with Crippen molar-refractivity contribution in [2.75, 3.05) is 25.1 Å². The van der Waals surface area contributed by atoms with Gasteiger partial charge in [0.05, 0.1) is 11.3 Å². The smallest absolute Gasteiger partial charge is 0.147 e. The van der Waals surface area contributed by atoms with E-state index >= 15 is 0 Å². The van der Waals surface area contributed by atoms with Gasteiger partial charge in [-0.1, -0.05) is 43.2 Å². The van der Waals surface area contributed by atoms with Crippen molar-refractivity contribution in [1.29, 1.82) is 0 Å². The number of hydrogen-bond acceptors (Lipinski definition) is 3. The van der Waals surface area contributed by atoms with E-state index in [0.29, 0.717) is 5.75 Å². The summed E-state index contributed by atoms with van der Waals surface area (Å²) in [7, 11) is -2.84. The Kier molecular flexibility index (Phi) is 4.10. The SMILES string of the molecule is CS(=O)(=O)CCCN1C[C@H]2CCCC[C@@]21c1ccccc1. The zero-order valence-electron chi connectivity index (χ0n) is 12.8. The van der Waals surface area contributed by atoms with Crippen LogP contribution < -0.4 is 0 Å². The third-order valence-electron chi connectivity index (χ3n) is 5.26. The molecule has 2 aliphatic rings. The summed E-state index contributed by atoms with van der Waals surface area (Å²) in [5.41, 5.74) is 1.62. The molecule has 1 saturated carbocycles. The van der Waals surface area contributed by atoms with Gasteiger partial charge in [0.1, 0.15) is 9.84 Å². The highest BCUT2D eigenvalue weighted by Gasteiger charge is 2.54. The van der Waals surface area contributed by atoms with Gasteiger partial charge in [0.25, 0.3) is 0 Å². The lowest BCUT2D eigenvalue weighted by Crippen LogP contribution is -2.66. The van der Waals surface area contributed by atoms with Crippen molar-refractivity contribution in [3.8, 4) is 0 Å². The van der Waals surface area contributed by atoms with E-state index in [1.54, 1.807) is 0 Å². The molecule has 1 aromatic rings. The minimum Gasteiger partial charge on any atom is -0.293 e. The molecule has 0 radical (unpaired) electrons. The summed E-state index contributed by atoms with van der Waals surface area (Å²) in [5.74, 6) is 1.06. The molecule has 0 unspecified atom stereocenters. The number of benzene rings is 1. The molecular weight excluding hydrogens is 282 g/mol. The summed E-state index contributed by atoms with van der Waals surface area (Å²) in [6.07, 6.45) is 7.25. The number of rotatable bonds is 5. The first-order valence-electron chi connectivity index (χ1n) is 8.01. The molecule has 21 heavy (non-hydrogen) atoms. The maximum Gasteiger partial charge on any atom is 0.147 e. The summed E-state index contributed by atoms with van der Waals surface area (Å²) in [6, 6.07) is 10.8. The van der Waals surface area contributed by atoms with Crippen LogP contribution in [0.15, 0.2) is 30.3 Å². The second kappa shape index (κ2) is 5.73. The van der Waals surface area contributed by atoms with Crippen molar-refractivity contribution in [3.63, 3.8) is 0 Å². The lowest BCUT2D eigenvalue weighted by atomic mass is 9.61. The summed E-state index contributed by atoms with van der Waals surface area (Å²) in [6.45, 7) is 2.04. The van der Waals surface area contributed by atoms with Gasteiger partial charge in [0.15, 0.2) is 0 Å². The van der Waals surface area contributed by atoms with E-state index in [4.69, 9.17) is 0 Å². The summed E-state index contributed by atoms with van der Waals surface area (Å²) in [4.78, 5) is 2.54. The van der Waals surface area contributed by atoms with E-state index in [2.05, 4.69) is 35.2 Å². The molecule has 2 atom stereocenters. The van der Waals surface area contributed by atoms with E-state index in [-0.39, 0.29) is 5.54 Å². The van der Waals surface area contributed by atoms with Crippen LogP contribution >= 0.6 is 0 Å². The van der Waals surface area contributed by atoms with Crippen molar-refractivity contribution in [3.05, 3.63) is 35.9 Å². The Morgan fingerprint density at radius 3 is 2.67 bits per heavy atom. The lowest BCUT2D eigenvalue weighted by Gasteiger charge is -2.62. The van der Waals surface area contributed by atoms with Crippen molar-refractivity contribution < 1.29 is 8.42 Å². The number of likely N-dealkylation sites (tertiary alicyclic amines) is 1. The van der Waals surface area contributed by atoms with Gasteiger partial charge in [-0.15, -0.1) is 0 Å². The van der Waals surface area contributed by atoms with Crippen LogP contribution in [0.2, 0.25) is 0 Å². The summed E-state index contributed by atoms with van der Waals surface area (Å²) in [5, 5.41) is 0. The first-order valence-corrected chi connectivity index (χ1v) is 10.1. The fourth-order valence-electron chi connectivity index (χ4n) is 4.30. The Morgan fingerprint density at radius 2 is 2.00 bits per heavy atom. The van der Waals surface area contributed by atoms with Crippen molar-refractivity contribution in [1.82, 2.24) is 4.90 Å². The Morgan fingerprint density at radius 1 is 1.24 bits per heavy atom. The largest absolute Gasteiger partial charge is 0.293 e. The van der Waals surface area contributed by atoms with E-state index in [0.717, 1.165) is 25.4 Å². The average Bonchev–Trinajstić information content (AvgIpc) is 2.44. The highest BCUT2D eigenvalue weighted by Crippen LogP contribution is 2.53. The summed E-state index contributed by atoms with van der Waals surface area (Å²) >= 11 is 0. The van der Waals surface area contributed by atoms with Crippen LogP contribution in [-0.2, 0) is 15.4 Å². The number of fused-ring (bicyclic) bond motifs is 1. The van der Waals surface area contributed by atoms with Crippen LogP contribution in [-0.4, -0.2) is 38.4 Å². The Hall–Kier alpha value is -0.870. The molecule has 4 heteroatoms. The van der Waals surface area contributed by atoms with E-state index < -0.39 is 9.84 Å². The molecule has 116 valence electrons. The monoisotopic (exact) mass is 307 g/mol. The first-order chi connectivity index (χ1) is 10.0.